The van der Waals surface area contributed by atoms with Gasteiger partial charge in [-0.3, -0.25) is 4.79 Å². The van der Waals surface area contributed by atoms with Gasteiger partial charge in [0, 0.05) is 10.9 Å². The van der Waals surface area contributed by atoms with Crippen molar-refractivity contribution in [2.45, 2.75) is 13.0 Å². The number of carbonyl (C=O) groups is 1. The van der Waals surface area contributed by atoms with Crippen LogP contribution in [0.5, 0.6) is 0 Å². The molecule has 0 unspecified atom stereocenters. The fourth-order valence-electron chi connectivity index (χ4n) is 3.54. The standard InChI is InChI=1S/C21H18N2O/c1-14(17-11-6-9-15-7-2-4-10-18(15)17)23-19-12-5-3-8-16(19)13-20(23)21(22)24/h2-14H,1H3,(H2,22,24)/t14-/m1/s1. The largest absolute Gasteiger partial charge is 0.364 e. The maximum absolute atomic E-state index is 12.0. The molecule has 0 aliphatic rings. The average molecular weight is 314 g/mol. The molecule has 0 fully saturated rings. The number of nitrogens with zero attached hydrogens (tertiary/aromatic N) is 1. The van der Waals surface area contributed by atoms with E-state index in [2.05, 4.69) is 37.3 Å². The fourth-order valence-corrected chi connectivity index (χ4v) is 3.54. The number of primary amides is 1. The Hall–Kier alpha value is -3.07. The molecule has 0 aliphatic heterocycles. The van der Waals surface area contributed by atoms with Gasteiger partial charge in [-0.2, -0.15) is 0 Å². The van der Waals surface area contributed by atoms with E-state index in [1.165, 1.54) is 16.3 Å². The Morgan fingerprint density at radius 3 is 2.38 bits per heavy atom. The second-order valence-electron chi connectivity index (χ2n) is 6.07. The van der Waals surface area contributed by atoms with Gasteiger partial charge < -0.3 is 10.3 Å². The lowest BCUT2D eigenvalue weighted by atomic mass is 9.99. The molecule has 1 aromatic heterocycles. The second-order valence-corrected chi connectivity index (χ2v) is 6.07. The normalized spacial score (nSPS) is 12.5. The molecular weight excluding hydrogens is 296 g/mol. The highest BCUT2D eigenvalue weighted by atomic mass is 16.1. The summed E-state index contributed by atoms with van der Waals surface area (Å²) in [5.41, 5.74) is 8.38. The van der Waals surface area contributed by atoms with Crippen molar-refractivity contribution in [3.05, 3.63) is 84.1 Å². The van der Waals surface area contributed by atoms with Crippen LogP contribution < -0.4 is 5.73 Å². The van der Waals surface area contributed by atoms with Crippen LogP contribution in [0.4, 0.5) is 0 Å². The van der Waals surface area contributed by atoms with Crippen LogP contribution in [0.15, 0.2) is 72.8 Å². The van der Waals surface area contributed by atoms with Crippen LogP contribution >= 0.6 is 0 Å². The molecule has 24 heavy (non-hydrogen) atoms. The van der Waals surface area contributed by atoms with E-state index in [9.17, 15) is 4.79 Å². The molecule has 3 heteroatoms. The molecule has 0 spiro atoms. The van der Waals surface area contributed by atoms with Crippen molar-refractivity contribution in [2.24, 2.45) is 5.73 Å². The van der Waals surface area contributed by atoms with Gasteiger partial charge in [-0.15, -0.1) is 0 Å². The van der Waals surface area contributed by atoms with Gasteiger partial charge >= 0.3 is 0 Å². The van der Waals surface area contributed by atoms with Crippen LogP contribution in [0, 0.1) is 0 Å². The molecule has 3 nitrogen and oxygen atoms in total. The highest BCUT2D eigenvalue weighted by molar-refractivity contribution is 5.98. The van der Waals surface area contributed by atoms with Gasteiger partial charge in [0.05, 0.1) is 6.04 Å². The number of nitrogens with two attached hydrogens (primary N) is 1. The summed E-state index contributed by atoms with van der Waals surface area (Å²) in [6, 6.07) is 24.5. The monoisotopic (exact) mass is 314 g/mol. The Labute approximate surface area is 140 Å². The number of hydrogen-bond acceptors (Lipinski definition) is 1. The van der Waals surface area contributed by atoms with Gasteiger partial charge in [0.1, 0.15) is 5.69 Å². The number of amides is 1. The Kier molecular flexibility index (Phi) is 3.35. The minimum absolute atomic E-state index is 0.00139. The SMILES string of the molecule is C[C@H](c1cccc2ccccc12)n1c(C(N)=O)cc2ccccc21. The smallest absolute Gasteiger partial charge is 0.265 e. The Bertz CT molecular complexity index is 1060. The topological polar surface area (TPSA) is 48.0 Å². The second kappa shape index (κ2) is 5.53. The summed E-state index contributed by atoms with van der Waals surface area (Å²) >= 11 is 0. The molecule has 0 saturated heterocycles. The molecule has 0 saturated carbocycles. The lowest BCUT2D eigenvalue weighted by molar-refractivity contribution is 0.0991. The highest BCUT2D eigenvalue weighted by Gasteiger charge is 2.19. The molecule has 4 rings (SSSR count). The molecule has 0 bridgehead atoms. The van der Waals surface area contributed by atoms with Gasteiger partial charge in [-0.25, -0.2) is 0 Å². The molecule has 2 N–H and O–H groups in total. The first-order valence-corrected chi connectivity index (χ1v) is 8.04. The number of carbonyl (C=O) groups excluding carboxylic acids is 1. The van der Waals surface area contributed by atoms with E-state index in [0.717, 1.165) is 10.9 Å². The zero-order valence-corrected chi connectivity index (χ0v) is 13.4. The number of hydrogen-bond donors (Lipinski definition) is 1. The predicted molar refractivity (Wildman–Crippen MR) is 98.2 cm³/mol. The molecule has 118 valence electrons. The van der Waals surface area contributed by atoms with Gasteiger partial charge in [-0.05, 0) is 35.4 Å². The minimum Gasteiger partial charge on any atom is -0.364 e. The maximum Gasteiger partial charge on any atom is 0.265 e. The van der Waals surface area contributed by atoms with Gasteiger partial charge in [0.25, 0.3) is 5.91 Å². The molecule has 0 aliphatic carbocycles. The first-order valence-electron chi connectivity index (χ1n) is 8.04. The molecule has 0 radical (unpaired) electrons. The maximum atomic E-state index is 12.0. The highest BCUT2D eigenvalue weighted by Crippen LogP contribution is 2.31. The van der Waals surface area contributed by atoms with Crippen molar-refractivity contribution in [3.63, 3.8) is 0 Å². The molecule has 4 aromatic rings. The lowest BCUT2D eigenvalue weighted by Crippen LogP contribution is -2.19. The van der Waals surface area contributed by atoms with Crippen LogP contribution in [-0.2, 0) is 0 Å². The summed E-state index contributed by atoms with van der Waals surface area (Å²) in [7, 11) is 0. The van der Waals surface area contributed by atoms with Crippen molar-refractivity contribution in [2.75, 3.05) is 0 Å². The van der Waals surface area contributed by atoms with Gasteiger partial charge in [0.15, 0.2) is 0 Å². The molecule has 1 atom stereocenters. The summed E-state index contributed by atoms with van der Waals surface area (Å²) in [4.78, 5) is 12.0. The number of rotatable bonds is 3. The number of para-hydroxylation sites is 1. The summed E-state index contributed by atoms with van der Waals surface area (Å²) in [6.45, 7) is 2.11. The number of fused-ring (bicyclic) bond motifs is 2. The predicted octanol–water partition coefficient (Wildman–Crippen LogP) is 4.50. The van der Waals surface area contributed by atoms with Gasteiger partial charge in [-0.1, -0.05) is 60.7 Å². The summed E-state index contributed by atoms with van der Waals surface area (Å²) in [5, 5.41) is 3.41. The number of aromatic nitrogens is 1. The zero-order chi connectivity index (χ0) is 16.7. The zero-order valence-electron chi connectivity index (χ0n) is 13.4. The van der Waals surface area contributed by atoms with E-state index < -0.39 is 5.91 Å². The van der Waals surface area contributed by atoms with Crippen molar-refractivity contribution in [1.82, 2.24) is 4.57 Å². The van der Waals surface area contributed by atoms with Crippen molar-refractivity contribution >= 4 is 27.6 Å². The molecule has 3 aromatic carbocycles. The third-order valence-corrected chi connectivity index (χ3v) is 4.66. The first-order chi connectivity index (χ1) is 11.7. The van der Waals surface area contributed by atoms with E-state index in [1.807, 2.05) is 47.0 Å². The third kappa shape index (κ3) is 2.17. The Balaban J connectivity index is 2.00. The quantitative estimate of drug-likeness (QED) is 0.594. The van der Waals surface area contributed by atoms with Crippen molar-refractivity contribution in [3.8, 4) is 0 Å². The van der Waals surface area contributed by atoms with E-state index in [1.54, 1.807) is 0 Å². The van der Waals surface area contributed by atoms with Crippen LogP contribution in [0.25, 0.3) is 21.7 Å². The van der Waals surface area contributed by atoms with E-state index >= 15 is 0 Å². The summed E-state index contributed by atoms with van der Waals surface area (Å²) in [6.07, 6.45) is 0. The molecular formula is C21H18N2O. The van der Waals surface area contributed by atoms with Gasteiger partial charge in [0.2, 0.25) is 0 Å². The van der Waals surface area contributed by atoms with Crippen LogP contribution in [0.3, 0.4) is 0 Å². The Morgan fingerprint density at radius 1 is 0.917 bits per heavy atom. The van der Waals surface area contributed by atoms with E-state index in [-0.39, 0.29) is 6.04 Å². The van der Waals surface area contributed by atoms with Crippen LogP contribution in [-0.4, -0.2) is 10.5 Å². The first kappa shape index (κ1) is 14.5. The van der Waals surface area contributed by atoms with Crippen LogP contribution in [0.1, 0.15) is 29.0 Å². The minimum atomic E-state index is -0.404. The molecule has 1 amide bonds. The van der Waals surface area contributed by atoms with E-state index in [0.29, 0.717) is 5.69 Å². The third-order valence-electron chi connectivity index (χ3n) is 4.66. The fraction of sp³-hybridized carbons (Fsp3) is 0.0952. The average Bonchev–Trinajstić information content (AvgIpc) is 3.00. The molecule has 1 heterocycles. The Morgan fingerprint density at radius 2 is 1.58 bits per heavy atom. The van der Waals surface area contributed by atoms with E-state index in [4.69, 9.17) is 5.73 Å². The van der Waals surface area contributed by atoms with Crippen molar-refractivity contribution in [1.29, 1.82) is 0 Å². The summed E-state index contributed by atoms with van der Waals surface area (Å²) < 4.78 is 2.04. The van der Waals surface area contributed by atoms with Crippen LogP contribution in [0.2, 0.25) is 0 Å². The summed E-state index contributed by atoms with van der Waals surface area (Å²) in [5.74, 6) is -0.404. The lowest BCUT2D eigenvalue weighted by Gasteiger charge is -2.20. The van der Waals surface area contributed by atoms with Crippen molar-refractivity contribution < 1.29 is 4.79 Å². The number of benzene rings is 3.